The van der Waals surface area contributed by atoms with Crippen LogP contribution in [0.4, 0.5) is 11.5 Å². The molecule has 1 fully saturated rings. The highest BCUT2D eigenvalue weighted by molar-refractivity contribution is 7.91. The molecule has 25 heavy (non-hydrogen) atoms. The van der Waals surface area contributed by atoms with E-state index in [0.717, 1.165) is 5.69 Å². The molecule has 2 heterocycles. The molecule has 2 aromatic rings. The van der Waals surface area contributed by atoms with Crippen molar-refractivity contribution in [2.45, 2.75) is 12.5 Å². The van der Waals surface area contributed by atoms with Crippen LogP contribution in [-0.2, 0) is 9.84 Å². The summed E-state index contributed by atoms with van der Waals surface area (Å²) >= 11 is 0. The monoisotopic (exact) mass is 360 g/mol. The van der Waals surface area contributed by atoms with Gasteiger partial charge in [-0.05, 0) is 18.6 Å². The number of rotatable bonds is 4. The van der Waals surface area contributed by atoms with E-state index in [9.17, 15) is 13.2 Å². The van der Waals surface area contributed by atoms with Crippen molar-refractivity contribution in [2.24, 2.45) is 0 Å². The summed E-state index contributed by atoms with van der Waals surface area (Å²) in [4.78, 5) is 24.3. The molecule has 0 bridgehead atoms. The molecule has 1 atom stereocenters. The standard InChI is InChI=1S/C17H20N4O3S/c1-20(14-8-9-25(23,24)11-14)16-10-15(18-12-19-16)17(22)21(2)13-6-4-3-5-7-13/h3-7,10,12,14H,8-9,11H2,1-2H3. The van der Waals surface area contributed by atoms with Crippen LogP contribution >= 0.6 is 0 Å². The Bertz CT molecular complexity index is 870. The SMILES string of the molecule is CN(C(=O)c1cc(N(C)C2CCS(=O)(=O)C2)ncn1)c1ccccc1. The molecular formula is C17H20N4O3S. The normalized spacial score (nSPS) is 18.7. The zero-order chi connectivity index (χ0) is 18.0. The van der Waals surface area contributed by atoms with Crippen LogP contribution in [0.15, 0.2) is 42.7 Å². The number of nitrogens with zero attached hydrogens (tertiary/aromatic N) is 4. The van der Waals surface area contributed by atoms with E-state index in [1.54, 1.807) is 20.2 Å². The average molecular weight is 360 g/mol. The van der Waals surface area contributed by atoms with E-state index >= 15 is 0 Å². The molecule has 1 amide bonds. The third-order valence-corrected chi connectivity index (χ3v) is 6.19. The van der Waals surface area contributed by atoms with Gasteiger partial charge in [-0.25, -0.2) is 18.4 Å². The van der Waals surface area contributed by atoms with E-state index in [1.165, 1.54) is 11.2 Å². The van der Waals surface area contributed by atoms with E-state index in [2.05, 4.69) is 9.97 Å². The van der Waals surface area contributed by atoms with Crippen LogP contribution in [-0.4, -0.2) is 55.9 Å². The van der Waals surface area contributed by atoms with E-state index in [0.29, 0.717) is 12.2 Å². The Morgan fingerprint density at radius 3 is 2.52 bits per heavy atom. The average Bonchev–Trinajstić information content (AvgIpc) is 3.00. The molecule has 1 aliphatic rings. The number of hydrogen-bond acceptors (Lipinski definition) is 6. The lowest BCUT2D eigenvalue weighted by Gasteiger charge is -2.25. The summed E-state index contributed by atoms with van der Waals surface area (Å²) in [5, 5.41) is 0. The summed E-state index contributed by atoms with van der Waals surface area (Å²) in [6.07, 6.45) is 1.90. The Morgan fingerprint density at radius 2 is 1.88 bits per heavy atom. The molecule has 3 rings (SSSR count). The number of anilines is 2. The molecule has 132 valence electrons. The molecule has 0 spiro atoms. The topological polar surface area (TPSA) is 83.5 Å². The van der Waals surface area contributed by atoms with Crippen molar-refractivity contribution < 1.29 is 13.2 Å². The first-order valence-corrected chi connectivity index (χ1v) is 9.78. The third-order valence-electron chi connectivity index (χ3n) is 4.44. The number of para-hydroxylation sites is 1. The molecular weight excluding hydrogens is 340 g/mol. The fourth-order valence-corrected chi connectivity index (χ4v) is 4.64. The van der Waals surface area contributed by atoms with Gasteiger partial charge in [0, 0.05) is 31.9 Å². The van der Waals surface area contributed by atoms with Crippen LogP contribution in [0.25, 0.3) is 0 Å². The third kappa shape index (κ3) is 3.79. The van der Waals surface area contributed by atoms with Crippen molar-refractivity contribution in [2.75, 3.05) is 35.4 Å². The van der Waals surface area contributed by atoms with Crippen molar-refractivity contribution in [3.63, 3.8) is 0 Å². The Kier molecular flexibility index (Phi) is 4.71. The van der Waals surface area contributed by atoms with Gasteiger partial charge in [0.05, 0.1) is 11.5 Å². The summed E-state index contributed by atoms with van der Waals surface area (Å²) in [7, 11) is 0.497. The highest BCUT2D eigenvalue weighted by atomic mass is 32.2. The lowest BCUT2D eigenvalue weighted by molar-refractivity contribution is 0.0988. The van der Waals surface area contributed by atoms with Crippen LogP contribution in [0.5, 0.6) is 0 Å². The zero-order valence-electron chi connectivity index (χ0n) is 14.2. The van der Waals surface area contributed by atoms with Crippen molar-refractivity contribution in [1.29, 1.82) is 0 Å². The van der Waals surface area contributed by atoms with Gasteiger partial charge in [0.15, 0.2) is 9.84 Å². The molecule has 7 nitrogen and oxygen atoms in total. The van der Waals surface area contributed by atoms with Gasteiger partial charge in [-0.1, -0.05) is 18.2 Å². The molecule has 1 aromatic carbocycles. The van der Waals surface area contributed by atoms with Crippen LogP contribution in [0.1, 0.15) is 16.9 Å². The number of sulfone groups is 1. The first kappa shape index (κ1) is 17.3. The lowest BCUT2D eigenvalue weighted by atomic mass is 10.2. The number of benzene rings is 1. The van der Waals surface area contributed by atoms with Crippen molar-refractivity contribution in [3.05, 3.63) is 48.4 Å². The van der Waals surface area contributed by atoms with Crippen molar-refractivity contribution >= 4 is 27.2 Å². The van der Waals surface area contributed by atoms with Gasteiger partial charge >= 0.3 is 0 Å². The quantitative estimate of drug-likeness (QED) is 0.819. The van der Waals surface area contributed by atoms with Crippen LogP contribution in [0.2, 0.25) is 0 Å². The van der Waals surface area contributed by atoms with Gasteiger partial charge in [0.1, 0.15) is 17.8 Å². The van der Waals surface area contributed by atoms with Gasteiger partial charge in [0.25, 0.3) is 5.91 Å². The summed E-state index contributed by atoms with van der Waals surface area (Å²) in [6.45, 7) is 0. The maximum Gasteiger partial charge on any atom is 0.276 e. The molecule has 1 unspecified atom stereocenters. The highest BCUT2D eigenvalue weighted by Gasteiger charge is 2.31. The van der Waals surface area contributed by atoms with Crippen LogP contribution < -0.4 is 9.80 Å². The second-order valence-corrected chi connectivity index (χ2v) is 8.36. The Hall–Kier alpha value is -2.48. The van der Waals surface area contributed by atoms with Gasteiger partial charge in [0.2, 0.25) is 0 Å². The Balaban J connectivity index is 1.80. The second kappa shape index (κ2) is 6.79. The first-order chi connectivity index (χ1) is 11.9. The summed E-state index contributed by atoms with van der Waals surface area (Å²) in [5.74, 6) is 0.597. The number of carbonyl (C=O) groups excluding carboxylic acids is 1. The smallest absolute Gasteiger partial charge is 0.276 e. The summed E-state index contributed by atoms with van der Waals surface area (Å²) in [6, 6.07) is 10.8. The van der Waals surface area contributed by atoms with Crippen molar-refractivity contribution in [3.8, 4) is 0 Å². The maximum atomic E-state index is 12.7. The minimum atomic E-state index is -2.98. The largest absolute Gasteiger partial charge is 0.356 e. The van der Waals surface area contributed by atoms with Crippen LogP contribution in [0.3, 0.4) is 0 Å². The van der Waals surface area contributed by atoms with Gasteiger partial charge in [-0.2, -0.15) is 0 Å². The lowest BCUT2D eigenvalue weighted by Crippen LogP contribution is -2.34. The number of amides is 1. The second-order valence-electron chi connectivity index (χ2n) is 6.13. The molecule has 1 saturated heterocycles. The molecule has 1 aliphatic heterocycles. The predicted molar refractivity (Wildman–Crippen MR) is 96.7 cm³/mol. The minimum absolute atomic E-state index is 0.112. The molecule has 8 heteroatoms. The van der Waals surface area contributed by atoms with Crippen molar-refractivity contribution in [1.82, 2.24) is 9.97 Å². The van der Waals surface area contributed by atoms with E-state index in [4.69, 9.17) is 0 Å². The van der Waals surface area contributed by atoms with Gasteiger partial charge in [-0.3, -0.25) is 4.79 Å². The summed E-state index contributed by atoms with van der Waals surface area (Å²) < 4.78 is 23.4. The fourth-order valence-electron chi connectivity index (χ4n) is 2.87. The minimum Gasteiger partial charge on any atom is -0.356 e. The summed E-state index contributed by atoms with van der Waals surface area (Å²) in [5.41, 5.74) is 1.03. The van der Waals surface area contributed by atoms with E-state index in [-0.39, 0.29) is 29.1 Å². The Morgan fingerprint density at radius 1 is 1.16 bits per heavy atom. The van der Waals surface area contributed by atoms with E-state index in [1.807, 2.05) is 35.2 Å². The number of carbonyl (C=O) groups is 1. The molecule has 0 N–H and O–H groups in total. The molecule has 1 aromatic heterocycles. The van der Waals surface area contributed by atoms with Gasteiger partial charge in [-0.15, -0.1) is 0 Å². The first-order valence-electron chi connectivity index (χ1n) is 7.96. The fraction of sp³-hybridized carbons (Fsp3) is 0.353. The molecule has 0 saturated carbocycles. The molecule has 0 aliphatic carbocycles. The van der Waals surface area contributed by atoms with Gasteiger partial charge < -0.3 is 9.80 Å². The predicted octanol–water partition coefficient (Wildman–Crippen LogP) is 1.38. The Labute approximate surface area is 147 Å². The maximum absolute atomic E-state index is 12.7. The zero-order valence-corrected chi connectivity index (χ0v) is 15.0. The number of aromatic nitrogens is 2. The van der Waals surface area contributed by atoms with Crippen LogP contribution in [0, 0.1) is 0 Å². The molecule has 0 radical (unpaired) electrons. The number of hydrogen-bond donors (Lipinski definition) is 0. The highest BCUT2D eigenvalue weighted by Crippen LogP contribution is 2.22. The van der Waals surface area contributed by atoms with E-state index < -0.39 is 9.84 Å².